The minimum Gasteiger partial charge on any atom is -0.493 e. The summed E-state index contributed by atoms with van der Waals surface area (Å²) in [6, 6.07) is 8.07. The van der Waals surface area contributed by atoms with Gasteiger partial charge in [0.15, 0.2) is 23.0 Å². The van der Waals surface area contributed by atoms with Crippen LogP contribution < -0.4 is 39.1 Å². The van der Waals surface area contributed by atoms with Crippen molar-refractivity contribution >= 4 is 0 Å². The molecule has 2 aromatic rings. The highest BCUT2D eigenvalue weighted by Crippen LogP contribution is 2.42. The van der Waals surface area contributed by atoms with Crippen molar-refractivity contribution in [1.29, 1.82) is 0 Å². The van der Waals surface area contributed by atoms with Crippen LogP contribution in [0.1, 0.15) is 49.7 Å². The first-order chi connectivity index (χ1) is 16.8. The molecule has 34 heavy (non-hydrogen) atoms. The minimum absolute atomic E-state index is 0.258. The van der Waals surface area contributed by atoms with Gasteiger partial charge in [0.1, 0.15) is 0 Å². The van der Waals surface area contributed by atoms with E-state index in [1.165, 1.54) is 38.5 Å². The zero-order valence-corrected chi connectivity index (χ0v) is 20.2. The predicted octanol–water partition coefficient (Wildman–Crippen LogP) is 4.38. The van der Waals surface area contributed by atoms with E-state index in [2.05, 4.69) is 10.6 Å². The summed E-state index contributed by atoms with van der Waals surface area (Å²) < 4.78 is 32.7. The third kappa shape index (κ3) is 6.39. The molecule has 2 N–H and O–H groups in total. The van der Waals surface area contributed by atoms with Crippen LogP contribution in [0.3, 0.4) is 0 Å². The molecule has 0 aromatic heterocycles. The molecule has 0 aliphatic carbocycles. The standard InChI is InChI=1S/C26H36N2O6/c1-29-21-11-19(13-23-25(21)33-17-31-23)15-27-9-7-5-3-4-6-8-10-28-16-20-12-22(30-2)26-24(14-20)32-18-34-26/h11-14,27-28H,3-10,15-18H2,1-2H3. The molecular formula is C26H36N2O6. The van der Waals surface area contributed by atoms with Gasteiger partial charge in [-0.15, -0.1) is 0 Å². The zero-order chi connectivity index (χ0) is 23.6. The van der Waals surface area contributed by atoms with Gasteiger partial charge in [-0.1, -0.05) is 25.7 Å². The molecule has 0 saturated heterocycles. The number of unbranched alkanes of at least 4 members (excludes halogenated alkanes) is 5. The van der Waals surface area contributed by atoms with Crippen molar-refractivity contribution in [3.8, 4) is 34.5 Å². The number of fused-ring (bicyclic) bond motifs is 2. The first kappa shape index (κ1) is 24.3. The summed E-state index contributed by atoms with van der Waals surface area (Å²) in [5.74, 6) is 4.40. The van der Waals surface area contributed by atoms with Crippen LogP contribution in [-0.2, 0) is 13.1 Å². The van der Waals surface area contributed by atoms with E-state index in [-0.39, 0.29) is 13.6 Å². The Labute approximate surface area is 201 Å². The van der Waals surface area contributed by atoms with Crippen LogP contribution in [0.25, 0.3) is 0 Å². The molecule has 4 rings (SSSR count). The van der Waals surface area contributed by atoms with Gasteiger partial charge in [0.2, 0.25) is 25.1 Å². The van der Waals surface area contributed by atoms with Crippen molar-refractivity contribution < 1.29 is 28.4 Å². The molecule has 0 unspecified atom stereocenters. The van der Waals surface area contributed by atoms with Crippen molar-refractivity contribution in [2.45, 2.75) is 51.6 Å². The molecular weight excluding hydrogens is 436 g/mol. The second kappa shape index (κ2) is 12.6. The monoisotopic (exact) mass is 472 g/mol. The Morgan fingerprint density at radius 2 is 1.06 bits per heavy atom. The van der Waals surface area contributed by atoms with E-state index < -0.39 is 0 Å². The molecule has 0 spiro atoms. The fourth-order valence-electron chi connectivity index (χ4n) is 4.24. The van der Waals surface area contributed by atoms with Gasteiger partial charge in [0.25, 0.3) is 0 Å². The van der Waals surface area contributed by atoms with Gasteiger partial charge in [-0.25, -0.2) is 0 Å². The maximum Gasteiger partial charge on any atom is 0.231 e. The fourth-order valence-corrected chi connectivity index (χ4v) is 4.24. The van der Waals surface area contributed by atoms with Gasteiger partial charge >= 0.3 is 0 Å². The van der Waals surface area contributed by atoms with Crippen LogP contribution in [0, 0.1) is 0 Å². The largest absolute Gasteiger partial charge is 0.493 e. The lowest BCUT2D eigenvalue weighted by molar-refractivity contribution is 0.171. The average Bonchev–Trinajstić information content (AvgIpc) is 3.53. The van der Waals surface area contributed by atoms with E-state index in [1.54, 1.807) is 14.2 Å². The third-order valence-electron chi connectivity index (χ3n) is 6.05. The maximum atomic E-state index is 5.49. The Morgan fingerprint density at radius 3 is 1.50 bits per heavy atom. The molecule has 0 amide bonds. The van der Waals surface area contributed by atoms with Crippen LogP contribution in [-0.4, -0.2) is 40.9 Å². The van der Waals surface area contributed by atoms with E-state index in [9.17, 15) is 0 Å². The van der Waals surface area contributed by atoms with Crippen molar-refractivity contribution in [2.75, 3.05) is 40.9 Å². The lowest BCUT2D eigenvalue weighted by atomic mass is 10.1. The van der Waals surface area contributed by atoms with Gasteiger partial charge in [0, 0.05) is 13.1 Å². The lowest BCUT2D eigenvalue weighted by Crippen LogP contribution is -2.15. The van der Waals surface area contributed by atoms with Gasteiger partial charge in [-0.3, -0.25) is 0 Å². The maximum absolute atomic E-state index is 5.49. The van der Waals surface area contributed by atoms with Gasteiger partial charge in [0.05, 0.1) is 14.2 Å². The SMILES string of the molecule is COc1cc(CNCCCCCCCCNCc2cc(OC)c3c(c2)OCO3)cc2c1OCO2. The Hall–Kier alpha value is -2.84. The van der Waals surface area contributed by atoms with E-state index in [4.69, 9.17) is 28.4 Å². The Balaban J connectivity index is 1.01. The predicted molar refractivity (Wildman–Crippen MR) is 129 cm³/mol. The number of hydrogen-bond donors (Lipinski definition) is 2. The summed E-state index contributed by atoms with van der Waals surface area (Å²) in [5.41, 5.74) is 2.29. The second-order valence-electron chi connectivity index (χ2n) is 8.54. The van der Waals surface area contributed by atoms with E-state index in [0.29, 0.717) is 11.5 Å². The number of benzene rings is 2. The van der Waals surface area contributed by atoms with E-state index in [0.717, 1.165) is 60.3 Å². The first-order valence-corrected chi connectivity index (χ1v) is 12.1. The van der Waals surface area contributed by atoms with Crippen LogP contribution in [0.5, 0.6) is 34.5 Å². The topological polar surface area (TPSA) is 79.4 Å². The average molecular weight is 473 g/mol. The first-order valence-electron chi connectivity index (χ1n) is 12.1. The summed E-state index contributed by atoms with van der Waals surface area (Å²) >= 11 is 0. The molecule has 2 aliphatic rings. The highest BCUT2D eigenvalue weighted by Gasteiger charge is 2.20. The molecule has 0 atom stereocenters. The summed E-state index contributed by atoms with van der Waals surface area (Å²) in [7, 11) is 3.31. The zero-order valence-electron chi connectivity index (χ0n) is 20.2. The molecule has 186 valence electrons. The minimum atomic E-state index is 0.258. The highest BCUT2D eigenvalue weighted by molar-refractivity contribution is 5.55. The summed E-state index contributed by atoms with van der Waals surface area (Å²) in [6.45, 7) is 4.14. The Morgan fingerprint density at radius 1 is 0.618 bits per heavy atom. The lowest BCUT2D eigenvalue weighted by Gasteiger charge is -2.10. The van der Waals surface area contributed by atoms with E-state index >= 15 is 0 Å². The summed E-state index contributed by atoms with van der Waals surface area (Å²) in [6.07, 6.45) is 7.43. The van der Waals surface area contributed by atoms with Crippen molar-refractivity contribution in [2.24, 2.45) is 0 Å². The molecule has 0 radical (unpaired) electrons. The quantitative estimate of drug-likeness (QED) is 0.370. The molecule has 0 bridgehead atoms. The number of rotatable bonds is 15. The van der Waals surface area contributed by atoms with Crippen LogP contribution in [0.4, 0.5) is 0 Å². The van der Waals surface area contributed by atoms with Crippen LogP contribution in [0.15, 0.2) is 24.3 Å². The fraction of sp³-hybridized carbons (Fsp3) is 0.538. The van der Waals surface area contributed by atoms with Crippen molar-refractivity contribution in [3.05, 3.63) is 35.4 Å². The molecule has 2 aromatic carbocycles. The molecule has 0 saturated carbocycles. The van der Waals surface area contributed by atoms with Crippen LogP contribution in [0.2, 0.25) is 0 Å². The molecule has 8 heteroatoms. The van der Waals surface area contributed by atoms with Gasteiger partial charge in [-0.2, -0.15) is 0 Å². The molecule has 2 heterocycles. The smallest absolute Gasteiger partial charge is 0.231 e. The Kier molecular flexibility index (Phi) is 8.98. The number of methoxy groups -OCH3 is 2. The second-order valence-corrected chi connectivity index (χ2v) is 8.54. The number of nitrogens with one attached hydrogen (secondary N) is 2. The van der Waals surface area contributed by atoms with Crippen molar-refractivity contribution in [3.63, 3.8) is 0 Å². The molecule has 2 aliphatic heterocycles. The normalized spacial score (nSPS) is 13.4. The van der Waals surface area contributed by atoms with E-state index in [1.807, 2.05) is 24.3 Å². The molecule has 8 nitrogen and oxygen atoms in total. The summed E-state index contributed by atoms with van der Waals surface area (Å²) in [4.78, 5) is 0. The molecule has 0 fully saturated rings. The van der Waals surface area contributed by atoms with Gasteiger partial charge in [-0.05, 0) is 61.3 Å². The third-order valence-corrected chi connectivity index (χ3v) is 6.05. The van der Waals surface area contributed by atoms with Crippen molar-refractivity contribution in [1.82, 2.24) is 10.6 Å². The highest BCUT2D eigenvalue weighted by atomic mass is 16.7. The Bertz CT molecular complexity index is 860. The van der Waals surface area contributed by atoms with Gasteiger partial charge < -0.3 is 39.1 Å². The number of ether oxygens (including phenoxy) is 6. The summed E-state index contributed by atoms with van der Waals surface area (Å²) in [5, 5.41) is 7.03. The number of hydrogen-bond acceptors (Lipinski definition) is 8. The van der Waals surface area contributed by atoms with Crippen LogP contribution >= 0.6 is 0 Å².